The van der Waals surface area contributed by atoms with E-state index in [0.29, 0.717) is 21.3 Å². The summed E-state index contributed by atoms with van der Waals surface area (Å²) in [5, 5.41) is 11.8. The molecule has 1 saturated heterocycles. The summed E-state index contributed by atoms with van der Waals surface area (Å²) < 4.78 is 43.1. The number of alkyl halides is 3. The van der Waals surface area contributed by atoms with E-state index >= 15 is 0 Å². The molecule has 1 atom stereocenters. The molecule has 0 unspecified atom stereocenters. The first-order valence-electron chi connectivity index (χ1n) is 12.4. The van der Waals surface area contributed by atoms with Crippen molar-refractivity contribution in [2.45, 2.75) is 45.0 Å². The first kappa shape index (κ1) is 29.1. The van der Waals surface area contributed by atoms with Crippen molar-refractivity contribution in [2.75, 3.05) is 6.54 Å². The topological polar surface area (TPSA) is 138 Å². The Morgan fingerprint density at radius 1 is 1.10 bits per heavy atom. The fraction of sp³-hybridized carbons (Fsp3) is 0.296. The van der Waals surface area contributed by atoms with Crippen LogP contribution in [0.4, 0.5) is 18.0 Å². The van der Waals surface area contributed by atoms with Crippen LogP contribution in [0.2, 0.25) is 0 Å². The van der Waals surface area contributed by atoms with E-state index in [9.17, 15) is 37.5 Å². The van der Waals surface area contributed by atoms with Crippen LogP contribution in [-0.2, 0) is 32.2 Å². The van der Waals surface area contributed by atoms with Crippen LogP contribution >= 0.6 is 0 Å². The minimum atomic E-state index is -5.36. The maximum Gasteiger partial charge on any atom is 0.493 e. The van der Waals surface area contributed by atoms with E-state index in [1.165, 1.54) is 5.48 Å². The van der Waals surface area contributed by atoms with Gasteiger partial charge in [0.15, 0.2) is 0 Å². The summed E-state index contributed by atoms with van der Waals surface area (Å²) in [7, 11) is 0. The maximum absolute atomic E-state index is 13.2. The van der Waals surface area contributed by atoms with Gasteiger partial charge in [-0.05, 0) is 49.6 Å². The molecule has 1 aliphatic heterocycles. The van der Waals surface area contributed by atoms with Crippen molar-refractivity contribution < 1.29 is 47.0 Å². The third kappa shape index (κ3) is 7.01. The zero-order valence-corrected chi connectivity index (χ0v) is 21.7. The van der Waals surface area contributed by atoms with Crippen molar-refractivity contribution in [3.05, 3.63) is 71.4 Å². The summed E-state index contributed by atoms with van der Waals surface area (Å²) in [6.07, 6.45) is -7.15. The molecule has 216 valence electrons. The minimum Gasteiger partial charge on any atom is -0.489 e. The summed E-state index contributed by atoms with van der Waals surface area (Å²) in [4.78, 5) is 56.7. The highest BCUT2D eigenvalue weighted by atomic mass is 19.4. The molecule has 0 bridgehead atoms. The van der Waals surface area contributed by atoms with Gasteiger partial charge in [0.05, 0.1) is 11.9 Å². The number of halogens is 3. The van der Waals surface area contributed by atoms with Crippen LogP contribution in [-0.4, -0.2) is 62.7 Å². The van der Waals surface area contributed by atoms with Crippen molar-refractivity contribution in [3.8, 4) is 5.75 Å². The first-order valence-corrected chi connectivity index (χ1v) is 12.4. The smallest absolute Gasteiger partial charge is 0.489 e. The SMILES string of the molecule is Cc1cc(COc2ccc(CC(=O)N3[C@@H](C(=O)NOC(=O)C(F)(F)F)CCCN3C(=O)O)cc2)c2ccccc2n1. The van der Waals surface area contributed by atoms with E-state index < -0.39 is 36.1 Å². The van der Waals surface area contributed by atoms with Crippen molar-refractivity contribution in [1.82, 2.24) is 20.5 Å². The van der Waals surface area contributed by atoms with Gasteiger partial charge in [-0.1, -0.05) is 30.3 Å². The monoisotopic (exact) mass is 574 g/mol. The van der Waals surface area contributed by atoms with Gasteiger partial charge in [0, 0.05) is 23.2 Å². The Kier molecular flexibility index (Phi) is 8.59. The van der Waals surface area contributed by atoms with Crippen LogP contribution in [0.1, 0.15) is 29.7 Å². The van der Waals surface area contributed by atoms with Gasteiger partial charge in [-0.2, -0.15) is 18.7 Å². The Labute approximate surface area is 231 Å². The molecule has 0 spiro atoms. The normalized spacial score (nSPS) is 15.4. The molecule has 11 nitrogen and oxygen atoms in total. The van der Waals surface area contributed by atoms with Crippen molar-refractivity contribution in [3.63, 3.8) is 0 Å². The number of carbonyl (C=O) groups is 4. The van der Waals surface area contributed by atoms with E-state index in [1.807, 2.05) is 37.3 Å². The number of hydrogen-bond acceptors (Lipinski definition) is 7. The number of benzene rings is 2. The van der Waals surface area contributed by atoms with Crippen molar-refractivity contribution in [2.24, 2.45) is 0 Å². The number of aromatic nitrogens is 1. The number of nitrogens with zero attached hydrogens (tertiary/aromatic N) is 3. The predicted molar refractivity (Wildman–Crippen MR) is 136 cm³/mol. The number of hydroxylamine groups is 1. The van der Waals surface area contributed by atoms with Crippen LogP contribution in [0.15, 0.2) is 54.6 Å². The summed E-state index contributed by atoms with van der Waals surface area (Å²) in [6.45, 7) is 2.03. The molecule has 0 aliphatic carbocycles. The Bertz CT molecular complexity index is 1460. The first-order chi connectivity index (χ1) is 19.4. The summed E-state index contributed by atoms with van der Waals surface area (Å²) in [6, 6.07) is 14.5. The number of pyridine rings is 1. The van der Waals surface area contributed by atoms with Gasteiger partial charge >= 0.3 is 18.2 Å². The van der Waals surface area contributed by atoms with Gasteiger partial charge in [-0.15, -0.1) is 0 Å². The molecule has 0 radical (unpaired) electrons. The predicted octanol–water partition coefficient (Wildman–Crippen LogP) is 3.69. The number of nitrogens with one attached hydrogen (secondary N) is 1. The third-order valence-corrected chi connectivity index (χ3v) is 6.26. The number of carboxylic acid groups (broad SMARTS) is 1. The highest BCUT2D eigenvalue weighted by molar-refractivity contribution is 5.90. The summed E-state index contributed by atoms with van der Waals surface area (Å²) in [5.74, 6) is -4.23. The number of rotatable bonds is 6. The molecule has 2 aromatic carbocycles. The fourth-order valence-corrected chi connectivity index (χ4v) is 4.43. The van der Waals surface area contributed by atoms with Gasteiger partial charge in [0.25, 0.3) is 5.91 Å². The number of hydrogen-bond donors (Lipinski definition) is 2. The fourth-order valence-electron chi connectivity index (χ4n) is 4.43. The van der Waals surface area contributed by atoms with E-state index in [1.54, 1.807) is 24.3 Å². The molecule has 2 heterocycles. The van der Waals surface area contributed by atoms with E-state index in [4.69, 9.17) is 4.74 Å². The van der Waals surface area contributed by atoms with Crippen LogP contribution in [0.5, 0.6) is 5.75 Å². The zero-order valence-electron chi connectivity index (χ0n) is 21.7. The molecular weight excluding hydrogens is 549 g/mol. The molecular formula is C27H25F3N4O7. The molecule has 1 fully saturated rings. The molecule has 1 aromatic heterocycles. The average Bonchev–Trinajstić information content (AvgIpc) is 2.94. The van der Waals surface area contributed by atoms with E-state index in [0.717, 1.165) is 22.2 Å². The number of aryl methyl sites for hydroxylation is 1. The summed E-state index contributed by atoms with van der Waals surface area (Å²) in [5.41, 5.74) is 4.47. The second kappa shape index (κ2) is 12.1. The van der Waals surface area contributed by atoms with E-state index in [-0.39, 0.29) is 32.4 Å². The Hall–Kier alpha value is -4.88. The van der Waals surface area contributed by atoms with E-state index in [2.05, 4.69) is 9.82 Å². The number of ether oxygens (including phenoxy) is 1. The van der Waals surface area contributed by atoms with Gasteiger partial charge < -0.3 is 14.7 Å². The number of hydrazine groups is 1. The molecule has 1 aliphatic rings. The molecule has 41 heavy (non-hydrogen) atoms. The van der Waals surface area contributed by atoms with Gasteiger partial charge in [0.1, 0.15) is 18.4 Å². The molecule has 0 saturated carbocycles. The highest BCUT2D eigenvalue weighted by Crippen LogP contribution is 2.24. The zero-order chi connectivity index (χ0) is 29.7. The standard InChI is InChI=1S/C27H25F3N4O7/c1-16-13-18(20-5-2-3-6-21(20)31-16)15-40-19-10-8-17(9-11-19)14-23(35)34-22(7-4-12-33(34)26(38)39)24(36)32-41-25(37)27(28,29)30/h2-3,5-6,8-11,13,22H,4,7,12,14-15H2,1H3,(H,32,36)(H,38,39)/t22-/m1/s1. The maximum atomic E-state index is 13.2. The highest BCUT2D eigenvalue weighted by Gasteiger charge is 2.44. The second-order valence-electron chi connectivity index (χ2n) is 9.20. The molecule has 3 aromatic rings. The number of carbonyl (C=O) groups excluding carboxylic acids is 3. The largest absolute Gasteiger partial charge is 0.493 e. The number of amides is 3. The van der Waals surface area contributed by atoms with Crippen LogP contribution < -0.4 is 10.2 Å². The molecule has 4 rings (SSSR count). The lowest BCUT2D eigenvalue weighted by Gasteiger charge is -2.41. The molecule has 2 N–H and O–H groups in total. The quantitative estimate of drug-likeness (QED) is 0.425. The van der Waals surface area contributed by atoms with Gasteiger partial charge in [0.2, 0.25) is 5.91 Å². The third-order valence-electron chi connectivity index (χ3n) is 6.26. The van der Waals surface area contributed by atoms with Gasteiger partial charge in [-0.3, -0.25) is 14.6 Å². The Morgan fingerprint density at radius 2 is 1.80 bits per heavy atom. The van der Waals surface area contributed by atoms with Crippen LogP contribution in [0.3, 0.4) is 0 Å². The Balaban J connectivity index is 1.43. The summed E-state index contributed by atoms with van der Waals surface area (Å²) >= 11 is 0. The number of para-hydroxylation sites is 1. The lowest BCUT2D eigenvalue weighted by molar-refractivity contribution is -0.209. The lowest BCUT2D eigenvalue weighted by Crippen LogP contribution is -2.62. The minimum absolute atomic E-state index is 0.0686. The van der Waals surface area contributed by atoms with Crippen LogP contribution in [0.25, 0.3) is 10.9 Å². The second-order valence-corrected chi connectivity index (χ2v) is 9.20. The average molecular weight is 575 g/mol. The van der Waals surface area contributed by atoms with Gasteiger partial charge in [-0.25, -0.2) is 19.6 Å². The van der Waals surface area contributed by atoms with Crippen molar-refractivity contribution >= 4 is 34.8 Å². The van der Waals surface area contributed by atoms with Crippen molar-refractivity contribution in [1.29, 1.82) is 0 Å². The lowest BCUT2D eigenvalue weighted by atomic mass is 10.1. The van der Waals surface area contributed by atoms with Crippen LogP contribution in [0, 0.1) is 6.92 Å². The Morgan fingerprint density at radius 3 is 2.49 bits per heavy atom. The molecule has 14 heteroatoms. The number of fused-ring (bicyclic) bond motifs is 1. The molecule has 3 amide bonds.